The van der Waals surface area contributed by atoms with Crippen LogP contribution in [-0.4, -0.2) is 20.4 Å². The van der Waals surface area contributed by atoms with Crippen molar-refractivity contribution in [1.82, 2.24) is 9.55 Å². The number of nitrogens with one attached hydrogen (secondary N) is 2. The monoisotopic (exact) mass is 415 g/mol. The van der Waals surface area contributed by atoms with E-state index in [9.17, 15) is 14.9 Å². The Kier molecular flexibility index (Phi) is 5.61. The van der Waals surface area contributed by atoms with Gasteiger partial charge < -0.3 is 15.2 Å². The minimum atomic E-state index is -0.458. The molecule has 1 heterocycles. The Morgan fingerprint density at radius 2 is 1.77 bits per heavy atom. The fourth-order valence-electron chi connectivity index (χ4n) is 3.44. The molecule has 4 rings (SSSR count). The molecule has 0 aliphatic rings. The largest absolute Gasteiger partial charge is 0.352 e. The van der Waals surface area contributed by atoms with Crippen molar-refractivity contribution in [3.8, 4) is 0 Å². The number of amides is 1. The van der Waals surface area contributed by atoms with Crippen molar-refractivity contribution in [3.63, 3.8) is 0 Å². The van der Waals surface area contributed by atoms with E-state index in [1.807, 2.05) is 54.6 Å². The highest BCUT2D eigenvalue weighted by molar-refractivity contribution is 5.93. The van der Waals surface area contributed by atoms with Crippen LogP contribution in [0.5, 0.6) is 0 Å². The molecule has 4 aromatic rings. The minimum Gasteiger partial charge on any atom is -0.352 e. The molecule has 0 atom stereocenters. The smallest absolute Gasteiger partial charge is 0.274 e. The maximum Gasteiger partial charge on any atom is 0.274 e. The number of fused-ring (bicyclic) bond motifs is 1. The number of nitro benzene ring substituents is 1. The Bertz CT molecular complexity index is 1250. The average molecular weight is 415 g/mol. The predicted molar refractivity (Wildman–Crippen MR) is 120 cm³/mol. The molecule has 0 spiro atoms. The van der Waals surface area contributed by atoms with Crippen LogP contribution in [0.1, 0.15) is 11.1 Å². The molecule has 31 heavy (non-hydrogen) atoms. The molecule has 0 bridgehead atoms. The molecule has 0 aliphatic heterocycles. The second kappa shape index (κ2) is 8.66. The van der Waals surface area contributed by atoms with Gasteiger partial charge in [0, 0.05) is 12.6 Å². The molecule has 156 valence electrons. The first-order chi connectivity index (χ1) is 15.0. The molecule has 8 heteroatoms. The first kappa shape index (κ1) is 20.1. The van der Waals surface area contributed by atoms with Gasteiger partial charge in [0.25, 0.3) is 5.69 Å². The third-order valence-corrected chi connectivity index (χ3v) is 5.03. The lowest BCUT2D eigenvalue weighted by atomic mass is 10.1. The first-order valence-corrected chi connectivity index (χ1v) is 9.80. The Morgan fingerprint density at radius 3 is 2.55 bits per heavy atom. The van der Waals surface area contributed by atoms with Crippen LogP contribution in [0.25, 0.3) is 11.0 Å². The highest BCUT2D eigenvalue weighted by Gasteiger charge is 2.17. The summed E-state index contributed by atoms with van der Waals surface area (Å²) in [7, 11) is 0. The van der Waals surface area contributed by atoms with Crippen LogP contribution in [-0.2, 0) is 17.9 Å². The van der Waals surface area contributed by atoms with Crippen molar-refractivity contribution in [2.24, 2.45) is 0 Å². The van der Waals surface area contributed by atoms with E-state index in [2.05, 4.69) is 15.6 Å². The molecule has 0 saturated carbocycles. The zero-order valence-electron chi connectivity index (χ0n) is 16.9. The van der Waals surface area contributed by atoms with E-state index < -0.39 is 4.92 Å². The van der Waals surface area contributed by atoms with E-state index in [0.29, 0.717) is 23.7 Å². The van der Waals surface area contributed by atoms with Gasteiger partial charge in [-0.15, -0.1) is 0 Å². The standard InChI is InChI=1S/C23H21N5O3/c1-16-18(11-7-13-20(16)28(30)31)25-22(29)15-27-21-12-6-5-10-19(21)26-23(27)24-14-17-8-3-2-4-9-17/h2-13H,14-15H2,1H3,(H,24,26)(H,25,29). The topological polar surface area (TPSA) is 102 Å². The molecule has 0 unspecified atom stereocenters. The highest BCUT2D eigenvalue weighted by atomic mass is 16.6. The van der Waals surface area contributed by atoms with Gasteiger partial charge in [-0.3, -0.25) is 14.9 Å². The maximum absolute atomic E-state index is 12.8. The summed E-state index contributed by atoms with van der Waals surface area (Å²) < 4.78 is 1.81. The van der Waals surface area contributed by atoms with Crippen molar-refractivity contribution < 1.29 is 9.72 Å². The fourth-order valence-corrected chi connectivity index (χ4v) is 3.44. The van der Waals surface area contributed by atoms with Gasteiger partial charge in [-0.2, -0.15) is 0 Å². The first-order valence-electron chi connectivity index (χ1n) is 9.80. The van der Waals surface area contributed by atoms with Crippen LogP contribution in [0.3, 0.4) is 0 Å². The number of nitro groups is 1. The normalized spacial score (nSPS) is 10.7. The van der Waals surface area contributed by atoms with Gasteiger partial charge in [-0.1, -0.05) is 48.5 Å². The molecule has 8 nitrogen and oxygen atoms in total. The fraction of sp³-hybridized carbons (Fsp3) is 0.130. The second-order valence-electron chi connectivity index (χ2n) is 7.10. The van der Waals surface area contributed by atoms with E-state index in [1.165, 1.54) is 6.07 Å². The lowest BCUT2D eigenvalue weighted by Crippen LogP contribution is -2.21. The summed E-state index contributed by atoms with van der Waals surface area (Å²) in [6.45, 7) is 2.20. The van der Waals surface area contributed by atoms with Gasteiger partial charge in [-0.05, 0) is 30.7 Å². The number of hydrogen-bond acceptors (Lipinski definition) is 5. The summed E-state index contributed by atoms with van der Waals surface area (Å²) in [4.78, 5) is 28.2. The van der Waals surface area contributed by atoms with Gasteiger partial charge in [0.2, 0.25) is 11.9 Å². The number of para-hydroxylation sites is 2. The summed E-state index contributed by atoms with van der Waals surface area (Å²) in [5.41, 5.74) is 3.50. The van der Waals surface area contributed by atoms with Crippen molar-refractivity contribution in [3.05, 3.63) is 94.0 Å². The molecular formula is C23H21N5O3. The quantitative estimate of drug-likeness (QED) is 0.342. The predicted octanol–water partition coefficient (Wildman–Crippen LogP) is 4.50. The number of carbonyl (C=O) groups is 1. The highest BCUT2D eigenvalue weighted by Crippen LogP contribution is 2.25. The Balaban J connectivity index is 1.58. The summed E-state index contributed by atoms with van der Waals surface area (Å²) in [5, 5.41) is 17.3. The number of rotatable bonds is 7. The zero-order chi connectivity index (χ0) is 21.8. The Morgan fingerprint density at radius 1 is 1.03 bits per heavy atom. The average Bonchev–Trinajstić information content (AvgIpc) is 3.11. The molecule has 0 fully saturated rings. The maximum atomic E-state index is 12.8. The molecule has 0 aliphatic carbocycles. The number of benzene rings is 3. The number of imidazole rings is 1. The number of anilines is 2. The van der Waals surface area contributed by atoms with Crippen LogP contribution in [0.4, 0.5) is 17.3 Å². The third-order valence-electron chi connectivity index (χ3n) is 5.03. The molecule has 0 radical (unpaired) electrons. The van der Waals surface area contributed by atoms with Crippen molar-refractivity contribution in [2.75, 3.05) is 10.6 Å². The minimum absolute atomic E-state index is 0.0137. The van der Waals surface area contributed by atoms with Gasteiger partial charge >= 0.3 is 0 Å². The van der Waals surface area contributed by atoms with Gasteiger partial charge in [0.15, 0.2) is 0 Å². The van der Waals surface area contributed by atoms with E-state index in [1.54, 1.807) is 23.6 Å². The summed E-state index contributed by atoms with van der Waals surface area (Å²) >= 11 is 0. The number of aromatic nitrogens is 2. The van der Waals surface area contributed by atoms with E-state index >= 15 is 0 Å². The molecule has 2 N–H and O–H groups in total. The van der Waals surface area contributed by atoms with Crippen LogP contribution >= 0.6 is 0 Å². The van der Waals surface area contributed by atoms with Crippen molar-refractivity contribution in [1.29, 1.82) is 0 Å². The second-order valence-corrected chi connectivity index (χ2v) is 7.10. The Labute approximate surface area is 178 Å². The molecule has 1 aromatic heterocycles. The molecule has 1 amide bonds. The summed E-state index contributed by atoms with van der Waals surface area (Å²) in [5.74, 6) is 0.283. The van der Waals surface area contributed by atoms with Gasteiger partial charge in [-0.25, -0.2) is 4.98 Å². The Hall–Kier alpha value is -4.20. The van der Waals surface area contributed by atoms with Crippen LogP contribution in [0.15, 0.2) is 72.8 Å². The lowest BCUT2D eigenvalue weighted by Gasteiger charge is -2.12. The molecule has 3 aromatic carbocycles. The van der Waals surface area contributed by atoms with Crippen LogP contribution < -0.4 is 10.6 Å². The number of carbonyl (C=O) groups excluding carboxylic acids is 1. The number of nitrogens with zero attached hydrogens (tertiary/aromatic N) is 3. The summed E-state index contributed by atoms with van der Waals surface area (Å²) in [6, 6.07) is 22.1. The van der Waals surface area contributed by atoms with Crippen LogP contribution in [0.2, 0.25) is 0 Å². The van der Waals surface area contributed by atoms with E-state index in [-0.39, 0.29) is 18.1 Å². The zero-order valence-corrected chi connectivity index (χ0v) is 16.9. The number of hydrogen-bond donors (Lipinski definition) is 2. The van der Waals surface area contributed by atoms with E-state index in [4.69, 9.17) is 0 Å². The summed E-state index contributed by atoms with van der Waals surface area (Å²) in [6.07, 6.45) is 0. The van der Waals surface area contributed by atoms with Gasteiger partial charge in [0.05, 0.1) is 27.2 Å². The SMILES string of the molecule is Cc1c(NC(=O)Cn2c(NCc3ccccc3)nc3ccccc32)cccc1[N+](=O)[O-]. The third kappa shape index (κ3) is 4.37. The van der Waals surface area contributed by atoms with Crippen molar-refractivity contribution in [2.45, 2.75) is 20.0 Å². The van der Waals surface area contributed by atoms with Crippen LogP contribution in [0, 0.1) is 17.0 Å². The van der Waals surface area contributed by atoms with Gasteiger partial charge in [0.1, 0.15) is 6.54 Å². The van der Waals surface area contributed by atoms with E-state index in [0.717, 1.165) is 16.6 Å². The molecule has 0 saturated heterocycles. The van der Waals surface area contributed by atoms with Crippen molar-refractivity contribution >= 4 is 34.3 Å². The molecular weight excluding hydrogens is 394 g/mol. The lowest BCUT2D eigenvalue weighted by molar-refractivity contribution is -0.385.